The lowest BCUT2D eigenvalue weighted by Crippen LogP contribution is -2.26. The number of ether oxygens (including phenoxy) is 1. The number of amides is 1. The maximum atomic E-state index is 10.4. The Morgan fingerprint density at radius 1 is 1.78 bits per heavy atom. The van der Waals surface area contributed by atoms with Crippen LogP contribution in [-0.2, 0) is 9.53 Å². The van der Waals surface area contributed by atoms with Gasteiger partial charge < -0.3 is 10.1 Å². The predicted molar refractivity (Wildman–Crippen MR) is 35.4 cm³/mol. The Bertz CT molecular complexity index is 87.0. The van der Waals surface area contributed by atoms with Crippen LogP contribution in [0.5, 0.6) is 0 Å². The van der Waals surface area contributed by atoms with Crippen molar-refractivity contribution in [3.05, 3.63) is 0 Å². The average Bonchev–Trinajstić information content (AvgIpc) is 1.89. The SMILES string of the molecule is CCOCNC(=O)CCl. The van der Waals surface area contributed by atoms with Crippen LogP contribution in [0.2, 0.25) is 0 Å². The van der Waals surface area contributed by atoms with Gasteiger partial charge in [0.15, 0.2) is 0 Å². The van der Waals surface area contributed by atoms with Crippen LogP contribution >= 0.6 is 11.6 Å². The van der Waals surface area contributed by atoms with E-state index >= 15 is 0 Å². The van der Waals surface area contributed by atoms with Gasteiger partial charge in [0, 0.05) is 6.61 Å². The van der Waals surface area contributed by atoms with Gasteiger partial charge in [0.05, 0.1) is 0 Å². The summed E-state index contributed by atoms with van der Waals surface area (Å²) in [7, 11) is 0. The molecule has 0 aliphatic rings. The molecule has 54 valence electrons. The summed E-state index contributed by atoms with van der Waals surface area (Å²) in [5, 5.41) is 2.44. The zero-order chi connectivity index (χ0) is 7.11. The van der Waals surface area contributed by atoms with Gasteiger partial charge in [0.2, 0.25) is 5.91 Å². The number of alkyl halides is 1. The lowest BCUT2D eigenvalue weighted by atomic mass is 10.7. The van der Waals surface area contributed by atoms with Crippen LogP contribution in [0.25, 0.3) is 0 Å². The molecule has 0 radical (unpaired) electrons. The van der Waals surface area contributed by atoms with Crippen LogP contribution in [0.15, 0.2) is 0 Å². The topological polar surface area (TPSA) is 38.3 Å². The highest BCUT2D eigenvalue weighted by atomic mass is 35.5. The summed E-state index contributed by atoms with van der Waals surface area (Å²) < 4.78 is 4.82. The quantitative estimate of drug-likeness (QED) is 0.358. The van der Waals surface area contributed by atoms with Crippen molar-refractivity contribution in [2.24, 2.45) is 0 Å². The van der Waals surface area contributed by atoms with E-state index in [9.17, 15) is 4.79 Å². The van der Waals surface area contributed by atoms with Crippen molar-refractivity contribution in [1.82, 2.24) is 5.32 Å². The van der Waals surface area contributed by atoms with Crippen molar-refractivity contribution in [2.75, 3.05) is 19.2 Å². The van der Waals surface area contributed by atoms with Gasteiger partial charge in [-0.1, -0.05) is 0 Å². The van der Waals surface area contributed by atoms with Crippen LogP contribution in [0.4, 0.5) is 0 Å². The maximum absolute atomic E-state index is 10.4. The Kier molecular flexibility index (Phi) is 5.67. The summed E-state index contributed by atoms with van der Waals surface area (Å²) in [4.78, 5) is 10.4. The van der Waals surface area contributed by atoms with E-state index in [1.165, 1.54) is 0 Å². The van der Waals surface area contributed by atoms with Crippen LogP contribution in [0, 0.1) is 0 Å². The standard InChI is InChI=1S/C5H10ClNO2/c1-2-9-4-7-5(8)3-6/h2-4H2,1H3,(H,7,8). The molecule has 0 unspecified atom stereocenters. The molecule has 0 aromatic rings. The molecule has 0 aromatic carbocycles. The second kappa shape index (κ2) is 5.85. The summed E-state index contributed by atoms with van der Waals surface area (Å²) in [6.07, 6.45) is 0. The first kappa shape index (κ1) is 8.72. The van der Waals surface area contributed by atoms with E-state index in [0.717, 1.165) is 0 Å². The Balaban J connectivity index is 2.97. The summed E-state index contributed by atoms with van der Waals surface area (Å²) in [6.45, 7) is 2.71. The maximum Gasteiger partial charge on any atom is 0.236 e. The largest absolute Gasteiger partial charge is 0.362 e. The molecule has 0 bridgehead atoms. The van der Waals surface area contributed by atoms with Crippen LogP contribution in [-0.4, -0.2) is 25.1 Å². The predicted octanol–water partition coefficient (Wildman–Crippen LogP) is 0.335. The molecule has 0 atom stereocenters. The van der Waals surface area contributed by atoms with Gasteiger partial charge in [-0.25, -0.2) is 0 Å². The number of nitrogens with one attached hydrogen (secondary N) is 1. The molecule has 0 saturated heterocycles. The molecule has 0 heterocycles. The third kappa shape index (κ3) is 5.59. The normalized spacial score (nSPS) is 9.11. The molecule has 0 aliphatic carbocycles. The van der Waals surface area contributed by atoms with Gasteiger partial charge in [-0.3, -0.25) is 4.79 Å². The summed E-state index contributed by atoms with van der Waals surface area (Å²) in [6, 6.07) is 0. The average molecular weight is 152 g/mol. The molecule has 4 heteroatoms. The van der Waals surface area contributed by atoms with Crippen LogP contribution in [0.1, 0.15) is 6.92 Å². The third-order valence-electron chi connectivity index (χ3n) is 0.697. The Hall–Kier alpha value is -0.280. The van der Waals surface area contributed by atoms with E-state index in [2.05, 4.69) is 5.32 Å². The van der Waals surface area contributed by atoms with Crippen molar-refractivity contribution in [1.29, 1.82) is 0 Å². The van der Waals surface area contributed by atoms with E-state index in [4.69, 9.17) is 16.3 Å². The van der Waals surface area contributed by atoms with E-state index in [1.54, 1.807) is 0 Å². The minimum atomic E-state index is -0.204. The van der Waals surface area contributed by atoms with E-state index in [1.807, 2.05) is 6.92 Å². The zero-order valence-corrected chi connectivity index (χ0v) is 6.07. The smallest absolute Gasteiger partial charge is 0.236 e. The monoisotopic (exact) mass is 151 g/mol. The first-order valence-corrected chi connectivity index (χ1v) is 3.25. The van der Waals surface area contributed by atoms with Gasteiger partial charge >= 0.3 is 0 Å². The number of rotatable bonds is 4. The van der Waals surface area contributed by atoms with Gasteiger partial charge in [-0.2, -0.15) is 0 Å². The first-order chi connectivity index (χ1) is 4.31. The fourth-order valence-corrected chi connectivity index (χ4v) is 0.375. The molecule has 0 rings (SSSR count). The summed E-state index contributed by atoms with van der Waals surface area (Å²) in [5.41, 5.74) is 0. The highest BCUT2D eigenvalue weighted by Crippen LogP contribution is 1.74. The molecular weight excluding hydrogens is 142 g/mol. The fraction of sp³-hybridized carbons (Fsp3) is 0.800. The molecule has 0 saturated carbocycles. The Morgan fingerprint density at radius 3 is 2.89 bits per heavy atom. The van der Waals surface area contributed by atoms with Crippen molar-refractivity contribution in [3.63, 3.8) is 0 Å². The number of hydrogen-bond donors (Lipinski definition) is 1. The fourth-order valence-electron chi connectivity index (χ4n) is 0.281. The second-order valence-electron chi connectivity index (χ2n) is 1.37. The highest BCUT2D eigenvalue weighted by Gasteiger charge is 1.93. The van der Waals surface area contributed by atoms with E-state index in [-0.39, 0.29) is 18.5 Å². The van der Waals surface area contributed by atoms with Crippen LogP contribution in [0.3, 0.4) is 0 Å². The molecule has 1 N–H and O–H groups in total. The van der Waals surface area contributed by atoms with Crippen molar-refractivity contribution in [3.8, 4) is 0 Å². The molecular formula is C5H10ClNO2. The minimum Gasteiger partial charge on any atom is -0.362 e. The Labute approximate surface area is 59.3 Å². The molecule has 0 spiro atoms. The zero-order valence-electron chi connectivity index (χ0n) is 5.32. The first-order valence-electron chi connectivity index (χ1n) is 2.71. The van der Waals surface area contributed by atoms with Gasteiger partial charge in [-0.15, -0.1) is 11.6 Å². The highest BCUT2D eigenvalue weighted by molar-refractivity contribution is 6.27. The summed E-state index contributed by atoms with van der Waals surface area (Å²) >= 11 is 5.16. The molecule has 9 heavy (non-hydrogen) atoms. The van der Waals surface area contributed by atoms with Gasteiger partial charge in [0.1, 0.15) is 12.6 Å². The molecule has 0 fully saturated rings. The van der Waals surface area contributed by atoms with Crippen molar-refractivity contribution >= 4 is 17.5 Å². The van der Waals surface area contributed by atoms with Crippen molar-refractivity contribution < 1.29 is 9.53 Å². The summed E-state index contributed by atoms with van der Waals surface area (Å²) in [5.74, 6) is -0.210. The molecule has 3 nitrogen and oxygen atoms in total. The van der Waals surface area contributed by atoms with Gasteiger partial charge in [0.25, 0.3) is 0 Å². The number of halogens is 1. The van der Waals surface area contributed by atoms with Crippen LogP contribution < -0.4 is 5.32 Å². The lowest BCUT2D eigenvalue weighted by Gasteiger charge is -2.00. The molecule has 1 amide bonds. The lowest BCUT2D eigenvalue weighted by molar-refractivity contribution is -0.120. The number of carbonyl (C=O) groups excluding carboxylic acids is 1. The van der Waals surface area contributed by atoms with Gasteiger partial charge in [-0.05, 0) is 6.92 Å². The second-order valence-corrected chi connectivity index (χ2v) is 1.64. The molecule has 0 aliphatic heterocycles. The number of carbonyl (C=O) groups is 1. The number of hydrogen-bond acceptors (Lipinski definition) is 2. The molecule has 0 aromatic heterocycles. The van der Waals surface area contributed by atoms with Crippen molar-refractivity contribution in [2.45, 2.75) is 6.92 Å². The third-order valence-corrected chi connectivity index (χ3v) is 0.940. The minimum absolute atomic E-state index is 0.00687. The van der Waals surface area contributed by atoms with E-state index in [0.29, 0.717) is 6.61 Å². The van der Waals surface area contributed by atoms with E-state index < -0.39 is 0 Å². The Morgan fingerprint density at radius 2 is 2.44 bits per heavy atom.